The lowest BCUT2D eigenvalue weighted by molar-refractivity contribution is 0.239. The maximum absolute atomic E-state index is 4.67. The molecule has 126 valence electrons. The third-order valence-electron chi connectivity index (χ3n) is 5.48. The summed E-state index contributed by atoms with van der Waals surface area (Å²) in [5.41, 5.74) is 7.45. The van der Waals surface area contributed by atoms with Crippen LogP contribution in [0.2, 0.25) is 0 Å². The number of hydrogen-bond acceptors (Lipinski definition) is 5. The summed E-state index contributed by atoms with van der Waals surface area (Å²) in [6, 6.07) is 2.46. The van der Waals surface area contributed by atoms with Gasteiger partial charge in [0, 0.05) is 24.0 Å². The lowest BCUT2D eigenvalue weighted by Gasteiger charge is -2.34. The molecule has 0 spiro atoms. The third-order valence-corrected chi connectivity index (χ3v) is 6.51. The minimum Gasteiger partial charge on any atom is -0.324 e. The molecular weight excluding hydrogens is 318 g/mol. The first-order valence-electron chi connectivity index (χ1n) is 8.97. The van der Waals surface area contributed by atoms with Crippen molar-refractivity contribution in [2.45, 2.75) is 48.9 Å². The topological polar surface area (TPSA) is 56.8 Å². The monoisotopic (exact) mass is 341 g/mol. The molecule has 2 N–H and O–H groups in total. The number of nitrogens with zero attached hydrogens (tertiary/aromatic N) is 3. The van der Waals surface area contributed by atoms with Gasteiger partial charge in [-0.05, 0) is 67.8 Å². The van der Waals surface area contributed by atoms with Gasteiger partial charge in [0.05, 0.1) is 0 Å². The van der Waals surface area contributed by atoms with E-state index in [2.05, 4.69) is 38.5 Å². The number of aromatic amines is 1. The normalized spacial score (nSPS) is 20.0. The zero-order chi connectivity index (χ0) is 16.1. The van der Waals surface area contributed by atoms with E-state index in [0.29, 0.717) is 5.25 Å². The Morgan fingerprint density at radius 3 is 2.50 bits per heavy atom. The molecule has 3 aliphatic rings. The standard InChI is InChI=1S/C18H23N5S/c1-23-9-13(10-23)24-18-20-17(21-22-18)19-16-14-6-2-4-11(14)8-12-5-3-7-15(12)16/h8,13H,2-7,9-10H2,1H3,(H2,19,20,21,22). The number of likely N-dealkylation sites (tertiary alicyclic amines) is 1. The number of anilines is 2. The molecule has 1 saturated heterocycles. The lowest BCUT2D eigenvalue weighted by Crippen LogP contribution is -2.46. The molecule has 0 bridgehead atoms. The zero-order valence-corrected chi connectivity index (χ0v) is 14.9. The fourth-order valence-electron chi connectivity index (χ4n) is 4.31. The lowest BCUT2D eigenvalue weighted by atomic mass is 9.99. The average Bonchev–Trinajstić information content (AvgIpc) is 3.25. The highest BCUT2D eigenvalue weighted by atomic mass is 32.2. The molecule has 5 rings (SSSR count). The van der Waals surface area contributed by atoms with Gasteiger partial charge in [-0.1, -0.05) is 17.8 Å². The largest absolute Gasteiger partial charge is 0.324 e. The number of benzene rings is 1. The summed E-state index contributed by atoms with van der Waals surface area (Å²) in [5.74, 6) is 0.791. The number of fused-ring (bicyclic) bond motifs is 2. The zero-order valence-electron chi connectivity index (χ0n) is 14.1. The fourth-order valence-corrected chi connectivity index (χ4v) is 5.50. The van der Waals surface area contributed by atoms with E-state index in [-0.39, 0.29) is 0 Å². The molecule has 0 unspecified atom stereocenters. The molecule has 0 saturated carbocycles. The van der Waals surface area contributed by atoms with Crippen LogP contribution in [0.3, 0.4) is 0 Å². The van der Waals surface area contributed by atoms with E-state index in [1.54, 1.807) is 22.9 Å². The van der Waals surface area contributed by atoms with E-state index < -0.39 is 0 Å². The predicted molar refractivity (Wildman–Crippen MR) is 97.3 cm³/mol. The van der Waals surface area contributed by atoms with Crippen molar-refractivity contribution in [3.63, 3.8) is 0 Å². The molecule has 0 radical (unpaired) electrons. The van der Waals surface area contributed by atoms with Gasteiger partial charge in [0.1, 0.15) is 0 Å². The minimum absolute atomic E-state index is 0.629. The van der Waals surface area contributed by atoms with Gasteiger partial charge in [-0.3, -0.25) is 0 Å². The van der Waals surface area contributed by atoms with E-state index in [9.17, 15) is 0 Å². The minimum atomic E-state index is 0.629. The summed E-state index contributed by atoms with van der Waals surface area (Å²) >= 11 is 1.78. The van der Waals surface area contributed by atoms with Gasteiger partial charge in [0.15, 0.2) is 0 Å². The van der Waals surface area contributed by atoms with E-state index in [4.69, 9.17) is 0 Å². The van der Waals surface area contributed by atoms with E-state index >= 15 is 0 Å². The van der Waals surface area contributed by atoms with E-state index in [1.165, 1.54) is 55.3 Å². The number of aromatic nitrogens is 3. The molecule has 6 heteroatoms. The maximum Gasteiger partial charge on any atom is 0.224 e. The van der Waals surface area contributed by atoms with Gasteiger partial charge >= 0.3 is 0 Å². The van der Waals surface area contributed by atoms with E-state index in [1.807, 2.05) is 0 Å². The average molecular weight is 341 g/mol. The second-order valence-electron chi connectivity index (χ2n) is 7.29. The number of H-pyrrole nitrogens is 1. The van der Waals surface area contributed by atoms with Crippen LogP contribution in [-0.2, 0) is 25.7 Å². The Morgan fingerprint density at radius 1 is 1.12 bits per heavy atom. The third kappa shape index (κ3) is 2.52. The molecule has 2 aliphatic carbocycles. The Morgan fingerprint density at radius 2 is 1.83 bits per heavy atom. The molecule has 2 heterocycles. The highest BCUT2D eigenvalue weighted by molar-refractivity contribution is 7.99. The van der Waals surface area contributed by atoms with Crippen molar-refractivity contribution in [1.29, 1.82) is 0 Å². The van der Waals surface area contributed by atoms with E-state index in [0.717, 1.165) is 24.2 Å². The van der Waals surface area contributed by atoms with Crippen LogP contribution < -0.4 is 5.32 Å². The SMILES string of the molecule is CN1CC(Sc2n[nH]c(Nc3c4c(cc5c3CCC5)CCC4)n2)C1. The van der Waals surface area contributed by atoms with Crippen LogP contribution in [-0.4, -0.2) is 45.5 Å². The molecule has 0 amide bonds. The summed E-state index contributed by atoms with van der Waals surface area (Å²) in [6.45, 7) is 2.25. The summed E-state index contributed by atoms with van der Waals surface area (Å²) in [4.78, 5) is 6.99. The Hall–Kier alpha value is -1.53. The van der Waals surface area contributed by atoms with Crippen LogP contribution in [0.1, 0.15) is 35.1 Å². The molecule has 1 aromatic carbocycles. The number of aryl methyl sites for hydroxylation is 2. The van der Waals surface area contributed by atoms with Gasteiger partial charge < -0.3 is 10.2 Å². The highest BCUT2D eigenvalue weighted by Gasteiger charge is 2.27. The van der Waals surface area contributed by atoms with Crippen molar-refractivity contribution < 1.29 is 0 Å². The Balaban J connectivity index is 1.39. The Kier molecular flexibility index (Phi) is 3.56. The molecule has 0 atom stereocenters. The summed E-state index contributed by atoms with van der Waals surface area (Å²) in [6.07, 6.45) is 7.39. The summed E-state index contributed by atoms with van der Waals surface area (Å²) in [5, 5.41) is 12.6. The number of rotatable bonds is 4. The van der Waals surface area contributed by atoms with Crippen LogP contribution in [0.4, 0.5) is 11.6 Å². The van der Waals surface area contributed by atoms with Crippen LogP contribution in [0.5, 0.6) is 0 Å². The molecule has 2 aromatic rings. The Bertz CT molecular complexity index is 746. The van der Waals surface area contributed by atoms with Crippen molar-refractivity contribution in [3.05, 3.63) is 28.3 Å². The Labute approximate surface area is 146 Å². The highest BCUT2D eigenvalue weighted by Crippen LogP contribution is 2.39. The molecular formula is C18H23N5S. The van der Waals surface area contributed by atoms with Gasteiger partial charge in [-0.15, -0.1) is 5.10 Å². The van der Waals surface area contributed by atoms with Crippen LogP contribution >= 0.6 is 11.8 Å². The van der Waals surface area contributed by atoms with Crippen molar-refractivity contribution in [1.82, 2.24) is 20.1 Å². The smallest absolute Gasteiger partial charge is 0.224 e. The van der Waals surface area contributed by atoms with Crippen molar-refractivity contribution >= 4 is 23.4 Å². The van der Waals surface area contributed by atoms with Crippen molar-refractivity contribution in [2.24, 2.45) is 0 Å². The summed E-state index contributed by atoms with van der Waals surface area (Å²) < 4.78 is 0. The van der Waals surface area contributed by atoms with Gasteiger partial charge in [0.25, 0.3) is 0 Å². The van der Waals surface area contributed by atoms with Gasteiger partial charge in [-0.2, -0.15) is 4.98 Å². The first kappa shape index (κ1) is 14.8. The predicted octanol–water partition coefficient (Wildman–Crippen LogP) is 2.93. The number of nitrogens with one attached hydrogen (secondary N) is 2. The maximum atomic E-state index is 4.67. The molecule has 1 aliphatic heterocycles. The molecule has 5 nitrogen and oxygen atoms in total. The summed E-state index contributed by atoms with van der Waals surface area (Å²) in [7, 11) is 2.15. The van der Waals surface area contributed by atoms with Crippen molar-refractivity contribution in [3.8, 4) is 0 Å². The quantitative estimate of drug-likeness (QED) is 0.895. The number of thioether (sulfide) groups is 1. The second kappa shape index (κ2) is 5.77. The molecule has 1 aromatic heterocycles. The second-order valence-corrected chi connectivity index (χ2v) is 8.55. The van der Waals surface area contributed by atoms with Crippen LogP contribution in [0, 0.1) is 0 Å². The first-order chi connectivity index (χ1) is 11.8. The first-order valence-corrected chi connectivity index (χ1v) is 9.85. The molecule has 1 fully saturated rings. The van der Waals surface area contributed by atoms with Crippen LogP contribution in [0.15, 0.2) is 11.2 Å². The van der Waals surface area contributed by atoms with Crippen molar-refractivity contribution in [2.75, 3.05) is 25.5 Å². The fraction of sp³-hybridized carbons (Fsp3) is 0.556. The van der Waals surface area contributed by atoms with Gasteiger partial charge in [0.2, 0.25) is 11.1 Å². The molecule has 24 heavy (non-hydrogen) atoms. The van der Waals surface area contributed by atoms with Gasteiger partial charge in [-0.25, -0.2) is 5.10 Å². The van der Waals surface area contributed by atoms with Crippen LogP contribution in [0.25, 0.3) is 0 Å². The number of hydrogen-bond donors (Lipinski definition) is 2.